The van der Waals surface area contributed by atoms with Gasteiger partial charge in [-0.05, 0) is 109 Å². The van der Waals surface area contributed by atoms with Crippen molar-refractivity contribution < 1.29 is 9.47 Å². The third-order valence-corrected chi connectivity index (χ3v) is 13.1. The van der Waals surface area contributed by atoms with E-state index < -0.39 is 16.1 Å². The molecule has 0 amide bonds. The van der Waals surface area contributed by atoms with E-state index >= 15 is 0 Å². The van der Waals surface area contributed by atoms with Crippen LogP contribution >= 0.6 is 0 Å². The molecule has 6 rings (SSSR count). The molecular formula is C48H50O2Si2. The molecule has 52 heavy (non-hydrogen) atoms. The Labute approximate surface area is 313 Å². The van der Waals surface area contributed by atoms with Gasteiger partial charge in [0.1, 0.15) is 23.0 Å². The van der Waals surface area contributed by atoms with Crippen molar-refractivity contribution in [2.45, 2.75) is 53.1 Å². The van der Waals surface area contributed by atoms with Crippen LogP contribution in [0.1, 0.15) is 36.1 Å². The van der Waals surface area contributed by atoms with Crippen molar-refractivity contribution in [2.75, 3.05) is 0 Å². The molecule has 0 spiro atoms. The van der Waals surface area contributed by atoms with Crippen LogP contribution in [0.25, 0.3) is 11.1 Å². The molecule has 0 aliphatic carbocycles. The number of rotatable bonds is 8. The Balaban J connectivity index is 0.000000202. The molecule has 0 heterocycles. The van der Waals surface area contributed by atoms with Crippen molar-refractivity contribution in [3.8, 4) is 34.8 Å². The van der Waals surface area contributed by atoms with Gasteiger partial charge in [0.25, 0.3) is 0 Å². The van der Waals surface area contributed by atoms with Crippen LogP contribution in [0.2, 0.25) is 39.3 Å². The topological polar surface area (TPSA) is 18.5 Å². The molecular weight excluding hydrogens is 665 g/mol. The van der Waals surface area contributed by atoms with Crippen LogP contribution < -0.4 is 19.8 Å². The van der Waals surface area contributed by atoms with Crippen LogP contribution in [0.4, 0.5) is 0 Å². The van der Waals surface area contributed by atoms with Crippen LogP contribution in [-0.4, -0.2) is 16.1 Å². The first-order chi connectivity index (χ1) is 24.8. The van der Waals surface area contributed by atoms with E-state index in [1.54, 1.807) is 0 Å². The quantitative estimate of drug-likeness (QED) is 0.0888. The number of allylic oxidation sites excluding steroid dienone is 2. The molecule has 0 N–H and O–H groups in total. The van der Waals surface area contributed by atoms with E-state index in [2.05, 4.69) is 126 Å². The molecule has 0 fully saturated rings. The Morgan fingerprint density at radius 2 is 0.654 bits per heavy atom. The summed E-state index contributed by atoms with van der Waals surface area (Å²) in [6.45, 7) is 18.6. The molecule has 4 heteroatoms. The van der Waals surface area contributed by atoms with E-state index in [9.17, 15) is 0 Å². The molecule has 262 valence electrons. The minimum Gasteiger partial charge on any atom is -0.457 e. The standard InChI is InChI=1S/C25H28OSi.C23H22OSi/c1-19(20(2)22-13-17-25(18-14-22)27(3,4)5)21-11-15-24(16-12-21)26-23-9-7-6-8-10-23;1-25(2,3)23-17-13-20(14-18-23)10-9-19-11-15-22(16-12-19)24-21-7-5-4-6-8-21/h6-18H,1-5H3;4-8,11-18H,1-3H3/b20-19-;. The number of ether oxygens (including phenoxy) is 2. The normalized spacial score (nSPS) is 11.6. The second kappa shape index (κ2) is 17.2. The minimum absolute atomic E-state index is 0.816. The van der Waals surface area contributed by atoms with E-state index in [0.717, 1.165) is 34.1 Å². The lowest BCUT2D eigenvalue weighted by Crippen LogP contribution is -2.37. The fourth-order valence-corrected chi connectivity index (χ4v) is 7.81. The van der Waals surface area contributed by atoms with Gasteiger partial charge in [-0.1, -0.05) is 146 Å². The molecule has 0 atom stereocenters. The van der Waals surface area contributed by atoms with Gasteiger partial charge >= 0.3 is 0 Å². The second-order valence-electron chi connectivity index (χ2n) is 15.0. The maximum absolute atomic E-state index is 5.89. The van der Waals surface area contributed by atoms with E-state index in [0.29, 0.717) is 0 Å². The van der Waals surface area contributed by atoms with Gasteiger partial charge in [0.15, 0.2) is 0 Å². The first kappa shape index (κ1) is 37.9. The maximum atomic E-state index is 5.89. The molecule has 0 bridgehead atoms. The average molecular weight is 715 g/mol. The Morgan fingerprint density at radius 3 is 1.02 bits per heavy atom. The highest BCUT2D eigenvalue weighted by Crippen LogP contribution is 2.28. The molecule has 2 nitrogen and oxygen atoms in total. The van der Waals surface area contributed by atoms with Gasteiger partial charge in [0.05, 0.1) is 16.1 Å². The third-order valence-electron chi connectivity index (χ3n) is 8.95. The first-order valence-electron chi connectivity index (χ1n) is 17.9. The summed E-state index contributed by atoms with van der Waals surface area (Å²) in [7, 11) is -2.49. The van der Waals surface area contributed by atoms with E-state index in [-0.39, 0.29) is 0 Å². The molecule has 0 saturated heterocycles. The minimum atomic E-state index is -1.25. The molecule has 0 aromatic heterocycles. The summed E-state index contributed by atoms with van der Waals surface area (Å²) in [6.07, 6.45) is 0. The van der Waals surface area contributed by atoms with Crippen molar-refractivity contribution in [3.05, 3.63) is 180 Å². The largest absolute Gasteiger partial charge is 0.457 e. The zero-order chi connectivity index (χ0) is 37.1. The van der Waals surface area contributed by atoms with E-state index in [1.165, 1.54) is 32.6 Å². The summed E-state index contributed by atoms with van der Waals surface area (Å²) in [5.41, 5.74) is 7.15. The smallest absolute Gasteiger partial charge is 0.127 e. The fourth-order valence-electron chi connectivity index (χ4n) is 5.48. The van der Waals surface area contributed by atoms with Gasteiger partial charge in [-0.25, -0.2) is 0 Å². The predicted molar refractivity (Wildman–Crippen MR) is 229 cm³/mol. The molecule has 0 saturated carbocycles. The van der Waals surface area contributed by atoms with Crippen LogP contribution in [0, 0.1) is 11.8 Å². The average Bonchev–Trinajstić information content (AvgIpc) is 3.15. The van der Waals surface area contributed by atoms with Crippen molar-refractivity contribution in [1.29, 1.82) is 0 Å². The van der Waals surface area contributed by atoms with Gasteiger partial charge in [-0.2, -0.15) is 0 Å². The fraction of sp³-hybridized carbons (Fsp3) is 0.167. The zero-order valence-corrected chi connectivity index (χ0v) is 33.8. The highest BCUT2D eigenvalue weighted by Gasteiger charge is 2.16. The van der Waals surface area contributed by atoms with Crippen molar-refractivity contribution in [2.24, 2.45) is 0 Å². The van der Waals surface area contributed by atoms with Crippen molar-refractivity contribution >= 4 is 37.7 Å². The van der Waals surface area contributed by atoms with E-state index in [4.69, 9.17) is 9.47 Å². The van der Waals surface area contributed by atoms with Crippen LogP contribution in [-0.2, 0) is 0 Å². The number of benzene rings is 6. The van der Waals surface area contributed by atoms with Crippen LogP contribution in [0.15, 0.2) is 158 Å². The Bertz CT molecular complexity index is 2110. The summed E-state index contributed by atoms with van der Waals surface area (Å²) in [5.74, 6) is 9.82. The van der Waals surface area contributed by atoms with Gasteiger partial charge in [-0.3, -0.25) is 0 Å². The highest BCUT2D eigenvalue weighted by atomic mass is 28.3. The predicted octanol–water partition coefficient (Wildman–Crippen LogP) is 12.4. The lowest BCUT2D eigenvalue weighted by molar-refractivity contribution is 0.482. The number of para-hydroxylation sites is 2. The van der Waals surface area contributed by atoms with Gasteiger partial charge < -0.3 is 9.47 Å². The lowest BCUT2D eigenvalue weighted by Gasteiger charge is -2.17. The molecule has 6 aromatic carbocycles. The van der Waals surface area contributed by atoms with Gasteiger partial charge in [-0.15, -0.1) is 0 Å². The Hall–Kier alpha value is -5.35. The Morgan fingerprint density at radius 1 is 0.365 bits per heavy atom. The lowest BCUT2D eigenvalue weighted by atomic mass is 9.97. The molecule has 0 aliphatic heterocycles. The number of hydrogen-bond acceptors (Lipinski definition) is 2. The van der Waals surface area contributed by atoms with Crippen LogP contribution in [0.5, 0.6) is 23.0 Å². The second-order valence-corrected chi connectivity index (χ2v) is 25.2. The van der Waals surface area contributed by atoms with Gasteiger partial charge in [0, 0.05) is 11.1 Å². The Kier molecular flexibility index (Phi) is 12.6. The summed E-state index contributed by atoms with van der Waals surface area (Å²) >= 11 is 0. The van der Waals surface area contributed by atoms with Crippen LogP contribution in [0.3, 0.4) is 0 Å². The summed E-state index contributed by atoms with van der Waals surface area (Å²) in [5, 5.41) is 2.96. The summed E-state index contributed by atoms with van der Waals surface area (Å²) in [4.78, 5) is 0. The number of hydrogen-bond donors (Lipinski definition) is 0. The first-order valence-corrected chi connectivity index (χ1v) is 24.9. The maximum Gasteiger partial charge on any atom is 0.127 e. The van der Waals surface area contributed by atoms with Gasteiger partial charge in [0.2, 0.25) is 0 Å². The summed E-state index contributed by atoms with van der Waals surface area (Å²) < 4.78 is 11.7. The molecule has 0 unspecified atom stereocenters. The third kappa shape index (κ3) is 11.1. The molecule has 0 radical (unpaired) electrons. The van der Waals surface area contributed by atoms with E-state index in [1.807, 2.05) is 97.1 Å². The van der Waals surface area contributed by atoms with Crippen molar-refractivity contribution in [1.82, 2.24) is 0 Å². The highest BCUT2D eigenvalue weighted by molar-refractivity contribution is 6.89. The van der Waals surface area contributed by atoms with Crippen molar-refractivity contribution in [3.63, 3.8) is 0 Å². The zero-order valence-electron chi connectivity index (χ0n) is 31.8. The summed E-state index contributed by atoms with van der Waals surface area (Å²) in [6, 6.07) is 53.7. The monoisotopic (exact) mass is 714 g/mol. The molecule has 0 aliphatic rings. The molecule has 6 aromatic rings. The SMILES string of the molecule is C/C(=C(\C)c1ccc([Si](C)(C)C)cc1)c1ccc(Oc2ccccc2)cc1.C[Si](C)(C)c1ccc(C#Cc2ccc(Oc3ccccc3)cc2)cc1.